The second kappa shape index (κ2) is 12.4. The average Bonchev–Trinajstić information content (AvgIpc) is 3.35. The minimum atomic E-state index is -3.46. The molecule has 10 nitrogen and oxygen atoms in total. The fourth-order valence-corrected chi connectivity index (χ4v) is 4.74. The van der Waals surface area contributed by atoms with Gasteiger partial charge in [0.25, 0.3) is 5.91 Å². The minimum Gasteiger partial charge on any atom is -0.477 e. The highest BCUT2D eigenvalue weighted by Crippen LogP contribution is 2.22. The van der Waals surface area contributed by atoms with Gasteiger partial charge in [-0.25, -0.2) is 18.4 Å². The van der Waals surface area contributed by atoms with Crippen molar-refractivity contribution in [2.45, 2.75) is 50.0 Å². The van der Waals surface area contributed by atoms with Crippen LogP contribution in [0.3, 0.4) is 0 Å². The molecule has 1 aliphatic carbocycles. The van der Waals surface area contributed by atoms with Crippen molar-refractivity contribution in [1.29, 1.82) is 0 Å². The van der Waals surface area contributed by atoms with Crippen molar-refractivity contribution in [2.75, 3.05) is 31.4 Å². The number of methoxy groups -OCH3 is 1. The predicted octanol–water partition coefficient (Wildman–Crippen LogP) is 2.99. The minimum absolute atomic E-state index is 0.0194. The number of carbonyl (C=O) groups is 1. The van der Waals surface area contributed by atoms with E-state index in [1.165, 1.54) is 31.6 Å². The molecule has 11 heteroatoms. The summed E-state index contributed by atoms with van der Waals surface area (Å²) in [6, 6.07) is 6.02. The molecule has 1 heterocycles. The number of nitrogens with one attached hydrogen (secondary N) is 1. The molecule has 1 saturated carbocycles. The first-order chi connectivity index (χ1) is 16.4. The molecule has 0 aliphatic heterocycles. The molecule has 1 aliphatic rings. The van der Waals surface area contributed by atoms with Crippen molar-refractivity contribution in [3.8, 4) is 5.88 Å². The summed E-state index contributed by atoms with van der Waals surface area (Å²) in [6.07, 6.45) is 7.01. The van der Waals surface area contributed by atoms with Gasteiger partial charge in [0, 0.05) is 19.3 Å². The fraction of sp³-hybridized carbons (Fsp3) is 0.478. The van der Waals surface area contributed by atoms with Crippen molar-refractivity contribution in [3.05, 3.63) is 42.2 Å². The van der Waals surface area contributed by atoms with E-state index in [-0.39, 0.29) is 28.3 Å². The largest absolute Gasteiger partial charge is 0.477 e. The van der Waals surface area contributed by atoms with E-state index in [1.807, 2.05) is 6.92 Å². The molecule has 2 aromatic rings. The second-order valence-corrected chi connectivity index (χ2v) is 9.88. The van der Waals surface area contributed by atoms with E-state index in [9.17, 15) is 13.2 Å². The maximum absolute atomic E-state index is 13.0. The van der Waals surface area contributed by atoms with E-state index < -0.39 is 15.7 Å². The van der Waals surface area contributed by atoms with Crippen LogP contribution in [-0.4, -0.2) is 62.2 Å². The highest BCUT2D eigenvalue weighted by molar-refractivity contribution is 7.91. The van der Waals surface area contributed by atoms with E-state index in [0.717, 1.165) is 25.7 Å². The quantitative estimate of drug-likeness (QED) is 0.273. The van der Waals surface area contributed by atoms with E-state index in [4.69, 9.17) is 14.3 Å². The van der Waals surface area contributed by atoms with Crippen molar-refractivity contribution in [2.24, 2.45) is 5.16 Å². The third-order valence-corrected chi connectivity index (χ3v) is 7.04. The monoisotopic (exact) mass is 490 g/mol. The van der Waals surface area contributed by atoms with Crippen molar-refractivity contribution < 1.29 is 27.5 Å². The fourth-order valence-electron chi connectivity index (χ4n) is 3.46. The molecule has 0 bridgehead atoms. The Balaban J connectivity index is 1.79. The molecular weight excluding hydrogens is 460 g/mol. The number of carbonyl (C=O) groups excluding carboxylic acids is 1. The van der Waals surface area contributed by atoms with E-state index in [1.54, 1.807) is 12.1 Å². The molecule has 0 atom stereocenters. The first kappa shape index (κ1) is 25.6. The Morgan fingerprint density at radius 2 is 1.88 bits per heavy atom. The highest BCUT2D eigenvalue weighted by atomic mass is 32.2. The lowest BCUT2D eigenvalue weighted by atomic mass is 10.1. The molecule has 0 radical (unpaired) electrons. The maximum atomic E-state index is 13.0. The van der Waals surface area contributed by atoms with Gasteiger partial charge < -0.3 is 19.6 Å². The Bertz CT molecular complexity index is 1070. The molecule has 3 rings (SSSR count). The number of ether oxygens (including phenoxy) is 2. The van der Waals surface area contributed by atoms with Gasteiger partial charge in [-0.1, -0.05) is 17.3 Å². The SMILES string of the molecule is CCOc1cnc(NC(=O)C(=NOC2CCCC2)c2ccc(S(=O)(=O)CCCOC)cc2)cn1. The van der Waals surface area contributed by atoms with Crippen LogP contribution in [0.5, 0.6) is 5.88 Å². The van der Waals surface area contributed by atoms with Crippen molar-refractivity contribution in [1.82, 2.24) is 9.97 Å². The molecule has 1 N–H and O–H groups in total. The van der Waals surface area contributed by atoms with Gasteiger partial charge in [0.1, 0.15) is 6.10 Å². The summed E-state index contributed by atoms with van der Waals surface area (Å²) in [5.41, 5.74) is 0.441. The molecule has 184 valence electrons. The van der Waals surface area contributed by atoms with Gasteiger partial charge in [0.15, 0.2) is 21.4 Å². The summed E-state index contributed by atoms with van der Waals surface area (Å²) in [6.45, 7) is 2.65. The number of benzene rings is 1. The van der Waals surface area contributed by atoms with Gasteiger partial charge in [-0.05, 0) is 51.2 Å². The van der Waals surface area contributed by atoms with Crippen molar-refractivity contribution >= 4 is 27.3 Å². The topological polar surface area (TPSA) is 129 Å². The number of anilines is 1. The standard InChI is InChI=1S/C23H30N4O6S/c1-3-32-21-16-24-20(15-25-21)26-23(28)22(27-33-18-7-4-5-8-18)17-9-11-19(12-10-17)34(29,30)14-6-13-31-2/h9-12,15-16,18H,3-8,13-14H2,1-2H3,(H,24,26,28). The molecule has 0 spiro atoms. The first-order valence-electron chi connectivity index (χ1n) is 11.2. The maximum Gasteiger partial charge on any atom is 0.279 e. The Kier molecular flexibility index (Phi) is 9.34. The number of hydrogen-bond donors (Lipinski definition) is 1. The number of amides is 1. The van der Waals surface area contributed by atoms with Gasteiger partial charge in [0.2, 0.25) is 5.88 Å². The Hall–Kier alpha value is -3.05. The van der Waals surface area contributed by atoms with Crippen LogP contribution in [-0.2, 0) is 24.2 Å². The highest BCUT2D eigenvalue weighted by Gasteiger charge is 2.21. The van der Waals surface area contributed by atoms with Gasteiger partial charge in [-0.2, -0.15) is 0 Å². The van der Waals surface area contributed by atoms with Crippen LogP contribution in [0.4, 0.5) is 5.82 Å². The molecule has 1 aromatic carbocycles. The van der Waals surface area contributed by atoms with Crippen LogP contribution >= 0.6 is 0 Å². The van der Waals surface area contributed by atoms with Crippen LogP contribution in [0.15, 0.2) is 46.7 Å². The zero-order valence-corrected chi connectivity index (χ0v) is 20.2. The molecule has 0 saturated heterocycles. The number of rotatable bonds is 12. The summed E-state index contributed by atoms with van der Waals surface area (Å²) >= 11 is 0. The zero-order chi connectivity index (χ0) is 24.4. The van der Waals surface area contributed by atoms with E-state index in [0.29, 0.717) is 31.1 Å². The van der Waals surface area contributed by atoms with Gasteiger partial charge in [-0.3, -0.25) is 4.79 Å². The first-order valence-corrected chi connectivity index (χ1v) is 12.9. The van der Waals surface area contributed by atoms with E-state index >= 15 is 0 Å². The van der Waals surface area contributed by atoms with Crippen LogP contribution in [0.1, 0.15) is 44.6 Å². The Morgan fingerprint density at radius 3 is 2.50 bits per heavy atom. The third kappa shape index (κ3) is 7.22. The van der Waals surface area contributed by atoms with Crippen molar-refractivity contribution in [3.63, 3.8) is 0 Å². The van der Waals surface area contributed by atoms with E-state index in [2.05, 4.69) is 20.4 Å². The number of oxime groups is 1. The summed E-state index contributed by atoms with van der Waals surface area (Å²) in [4.78, 5) is 27.0. The van der Waals surface area contributed by atoms with Gasteiger partial charge >= 0.3 is 0 Å². The smallest absolute Gasteiger partial charge is 0.279 e. The lowest BCUT2D eigenvalue weighted by molar-refractivity contribution is -0.110. The Morgan fingerprint density at radius 1 is 1.15 bits per heavy atom. The lowest BCUT2D eigenvalue weighted by Gasteiger charge is -2.12. The number of nitrogens with zero attached hydrogens (tertiary/aromatic N) is 3. The van der Waals surface area contributed by atoms with Gasteiger partial charge in [-0.15, -0.1) is 0 Å². The molecule has 0 unspecified atom stereocenters. The second-order valence-electron chi connectivity index (χ2n) is 7.77. The molecular formula is C23H30N4O6S. The summed E-state index contributed by atoms with van der Waals surface area (Å²) in [5, 5.41) is 6.79. The third-order valence-electron chi connectivity index (χ3n) is 5.22. The van der Waals surface area contributed by atoms with Crippen LogP contribution in [0.2, 0.25) is 0 Å². The normalized spacial score (nSPS) is 14.7. The summed E-state index contributed by atoms with van der Waals surface area (Å²) < 4.78 is 35.2. The average molecular weight is 491 g/mol. The number of aromatic nitrogens is 2. The van der Waals surface area contributed by atoms with Crippen LogP contribution in [0, 0.1) is 0 Å². The summed E-state index contributed by atoms with van der Waals surface area (Å²) in [5.74, 6) is -0.00389. The van der Waals surface area contributed by atoms with Gasteiger partial charge in [0.05, 0.1) is 29.6 Å². The lowest BCUT2D eigenvalue weighted by Crippen LogP contribution is -2.25. The zero-order valence-electron chi connectivity index (χ0n) is 19.4. The summed E-state index contributed by atoms with van der Waals surface area (Å²) in [7, 11) is -1.93. The molecule has 34 heavy (non-hydrogen) atoms. The number of sulfone groups is 1. The predicted molar refractivity (Wildman–Crippen MR) is 127 cm³/mol. The molecule has 1 amide bonds. The van der Waals surface area contributed by atoms with Crippen LogP contribution in [0.25, 0.3) is 0 Å². The number of hydrogen-bond acceptors (Lipinski definition) is 9. The van der Waals surface area contributed by atoms with Crippen LogP contribution < -0.4 is 10.1 Å². The Labute approximate surface area is 199 Å². The molecule has 1 aromatic heterocycles. The molecule has 1 fully saturated rings.